The molecule has 146 valence electrons. The monoisotopic (exact) mass is 402 g/mol. The number of benzene rings is 1. The Bertz CT molecular complexity index is 765. The van der Waals surface area contributed by atoms with Gasteiger partial charge in [-0.05, 0) is 31.4 Å². The van der Waals surface area contributed by atoms with Crippen molar-refractivity contribution in [3.05, 3.63) is 29.8 Å². The van der Waals surface area contributed by atoms with Crippen LogP contribution in [0.4, 0.5) is 0 Å². The molecule has 2 unspecified atom stereocenters. The normalized spacial score (nSPS) is 18.6. The van der Waals surface area contributed by atoms with Crippen LogP contribution in [0, 0.1) is 5.92 Å². The predicted molar refractivity (Wildman–Crippen MR) is 105 cm³/mol. The molecule has 2 atom stereocenters. The van der Waals surface area contributed by atoms with Crippen molar-refractivity contribution < 1.29 is 13.2 Å². The quantitative estimate of drug-likeness (QED) is 0.639. The number of carbonyl (C=O) groups excluding carboxylic acids is 1. The van der Waals surface area contributed by atoms with E-state index in [-0.39, 0.29) is 47.5 Å². The number of amidine groups is 1. The van der Waals surface area contributed by atoms with Gasteiger partial charge in [-0.1, -0.05) is 26.0 Å². The number of nitrogens with zero attached hydrogens (tertiary/aromatic N) is 1. The number of nitrogens with one attached hydrogen (secondary N) is 2. The maximum absolute atomic E-state index is 12.2. The first-order valence-corrected chi connectivity index (χ1v) is 9.90. The van der Waals surface area contributed by atoms with Crippen molar-refractivity contribution in [2.24, 2.45) is 16.6 Å². The van der Waals surface area contributed by atoms with Gasteiger partial charge >= 0.3 is 0 Å². The summed E-state index contributed by atoms with van der Waals surface area (Å²) in [6.07, 6.45) is 0.986. The van der Waals surface area contributed by atoms with Crippen molar-refractivity contribution in [3.63, 3.8) is 0 Å². The second-order valence-electron chi connectivity index (χ2n) is 6.76. The Labute approximate surface area is 161 Å². The number of aliphatic imine (C=N–C) groups is 1. The van der Waals surface area contributed by atoms with E-state index in [0.29, 0.717) is 18.0 Å². The summed E-state index contributed by atoms with van der Waals surface area (Å²) in [6, 6.07) is 6.24. The zero-order valence-corrected chi connectivity index (χ0v) is 16.9. The fourth-order valence-electron chi connectivity index (χ4n) is 2.83. The van der Waals surface area contributed by atoms with Crippen LogP contribution in [0.2, 0.25) is 0 Å². The van der Waals surface area contributed by atoms with Gasteiger partial charge in [-0.25, -0.2) is 8.42 Å². The standard InChI is InChI=1S/C17H26N4O3S.ClH/c1-11(2)8-13(10-18)20-16(22)9-12(3)19-17-14-6-4-5-7-15(14)25(23,24)21-17;/h4-7,11-13H,8-10,18H2,1-3H3,(H,19,21)(H,20,22);1H. The summed E-state index contributed by atoms with van der Waals surface area (Å²) in [5, 5.41) is 2.92. The average molecular weight is 403 g/mol. The minimum Gasteiger partial charge on any atom is -0.352 e. The molecule has 26 heavy (non-hydrogen) atoms. The third kappa shape index (κ3) is 5.69. The fourth-order valence-corrected chi connectivity index (χ4v) is 4.07. The minimum absolute atomic E-state index is 0. The van der Waals surface area contributed by atoms with E-state index in [9.17, 15) is 13.2 Å². The van der Waals surface area contributed by atoms with Gasteiger partial charge in [-0.3, -0.25) is 14.5 Å². The van der Waals surface area contributed by atoms with Gasteiger partial charge in [0.1, 0.15) is 5.84 Å². The summed E-state index contributed by atoms with van der Waals surface area (Å²) in [5.41, 5.74) is 6.23. The van der Waals surface area contributed by atoms with Gasteiger partial charge in [0.05, 0.1) is 10.9 Å². The Kier molecular flexibility index (Phi) is 8.05. The highest BCUT2D eigenvalue weighted by atomic mass is 35.5. The number of rotatable bonds is 7. The number of nitrogens with two attached hydrogens (primary N) is 1. The molecule has 7 nitrogen and oxygen atoms in total. The maximum Gasteiger partial charge on any atom is 0.263 e. The fraction of sp³-hybridized carbons (Fsp3) is 0.529. The van der Waals surface area contributed by atoms with E-state index in [1.165, 1.54) is 6.07 Å². The van der Waals surface area contributed by atoms with Crippen LogP contribution in [0.15, 0.2) is 34.2 Å². The van der Waals surface area contributed by atoms with Crippen molar-refractivity contribution in [1.29, 1.82) is 0 Å². The van der Waals surface area contributed by atoms with Gasteiger partial charge < -0.3 is 11.1 Å². The first kappa shape index (κ1) is 22.4. The lowest BCUT2D eigenvalue weighted by Gasteiger charge is -2.19. The molecule has 1 aliphatic heterocycles. The Hall–Kier alpha value is -1.64. The number of hydrogen-bond donors (Lipinski definition) is 3. The number of halogens is 1. The molecular formula is C17H27ClN4O3S. The van der Waals surface area contributed by atoms with Gasteiger partial charge in [0.25, 0.3) is 10.0 Å². The van der Waals surface area contributed by atoms with Crippen molar-refractivity contribution in [2.75, 3.05) is 6.54 Å². The molecule has 4 N–H and O–H groups in total. The smallest absolute Gasteiger partial charge is 0.263 e. The highest BCUT2D eigenvalue weighted by Gasteiger charge is 2.30. The van der Waals surface area contributed by atoms with E-state index in [4.69, 9.17) is 5.73 Å². The summed E-state index contributed by atoms with van der Waals surface area (Å²) < 4.78 is 26.6. The molecule has 0 radical (unpaired) electrons. The molecule has 0 fully saturated rings. The first-order chi connectivity index (χ1) is 11.7. The Morgan fingerprint density at radius 2 is 1.92 bits per heavy atom. The third-order valence-corrected chi connectivity index (χ3v) is 5.30. The molecule has 0 saturated heterocycles. The van der Waals surface area contributed by atoms with Gasteiger partial charge in [-0.15, -0.1) is 12.4 Å². The largest absolute Gasteiger partial charge is 0.352 e. The molecule has 1 aromatic rings. The van der Waals surface area contributed by atoms with E-state index in [0.717, 1.165) is 6.42 Å². The van der Waals surface area contributed by atoms with Crippen LogP contribution in [0.5, 0.6) is 0 Å². The second kappa shape index (κ2) is 9.34. The molecule has 1 amide bonds. The summed E-state index contributed by atoms with van der Waals surface area (Å²) in [5.74, 6) is 0.589. The highest BCUT2D eigenvalue weighted by molar-refractivity contribution is 7.90. The topological polar surface area (TPSA) is 114 Å². The third-order valence-electron chi connectivity index (χ3n) is 3.90. The van der Waals surface area contributed by atoms with Crippen molar-refractivity contribution in [2.45, 2.75) is 50.6 Å². The summed E-state index contributed by atoms with van der Waals surface area (Å²) >= 11 is 0. The van der Waals surface area contributed by atoms with Crippen molar-refractivity contribution in [1.82, 2.24) is 10.0 Å². The average Bonchev–Trinajstić information content (AvgIpc) is 2.77. The Morgan fingerprint density at radius 1 is 1.27 bits per heavy atom. The molecule has 1 heterocycles. The molecule has 0 saturated carbocycles. The van der Waals surface area contributed by atoms with Gasteiger partial charge in [0.15, 0.2) is 0 Å². The molecule has 0 aromatic heterocycles. The van der Waals surface area contributed by atoms with Crippen LogP contribution < -0.4 is 15.8 Å². The van der Waals surface area contributed by atoms with E-state index < -0.39 is 10.0 Å². The van der Waals surface area contributed by atoms with Crippen LogP contribution in [-0.4, -0.2) is 38.8 Å². The van der Waals surface area contributed by atoms with E-state index >= 15 is 0 Å². The molecule has 0 spiro atoms. The van der Waals surface area contributed by atoms with Crippen molar-refractivity contribution >= 4 is 34.2 Å². The number of sulfonamides is 1. The molecular weight excluding hydrogens is 376 g/mol. The zero-order valence-electron chi connectivity index (χ0n) is 15.2. The lowest BCUT2D eigenvalue weighted by Crippen LogP contribution is -2.41. The van der Waals surface area contributed by atoms with Crippen LogP contribution >= 0.6 is 12.4 Å². The molecule has 1 aliphatic rings. The number of carbonyl (C=O) groups is 1. The molecule has 1 aromatic carbocycles. The highest BCUT2D eigenvalue weighted by Crippen LogP contribution is 2.22. The van der Waals surface area contributed by atoms with Gasteiger partial charge in [0.2, 0.25) is 5.91 Å². The zero-order chi connectivity index (χ0) is 18.6. The lowest BCUT2D eigenvalue weighted by molar-refractivity contribution is -0.122. The second-order valence-corrected chi connectivity index (χ2v) is 8.41. The van der Waals surface area contributed by atoms with Gasteiger partial charge in [-0.2, -0.15) is 0 Å². The molecule has 0 bridgehead atoms. The number of hydrogen-bond acceptors (Lipinski definition) is 5. The molecule has 0 aliphatic carbocycles. The van der Waals surface area contributed by atoms with E-state index in [1.54, 1.807) is 25.1 Å². The van der Waals surface area contributed by atoms with Crippen LogP contribution in [0.25, 0.3) is 0 Å². The van der Waals surface area contributed by atoms with Crippen LogP contribution in [0.3, 0.4) is 0 Å². The lowest BCUT2D eigenvalue weighted by atomic mass is 10.0. The minimum atomic E-state index is -3.56. The van der Waals surface area contributed by atoms with Crippen molar-refractivity contribution in [3.8, 4) is 0 Å². The SMILES string of the molecule is CC(C)CC(CN)NC(=O)CC(C)N=C1NS(=O)(=O)c2ccccc21.Cl. The first-order valence-electron chi connectivity index (χ1n) is 8.42. The maximum atomic E-state index is 12.2. The number of amides is 1. The molecule has 9 heteroatoms. The van der Waals surface area contributed by atoms with E-state index in [1.807, 2.05) is 0 Å². The summed E-state index contributed by atoms with van der Waals surface area (Å²) in [4.78, 5) is 16.8. The van der Waals surface area contributed by atoms with E-state index in [2.05, 4.69) is 28.9 Å². The number of fused-ring (bicyclic) bond motifs is 1. The molecule has 2 rings (SSSR count). The van der Waals surface area contributed by atoms with Crippen LogP contribution in [-0.2, 0) is 14.8 Å². The Balaban J connectivity index is 0.00000338. The summed E-state index contributed by atoms with van der Waals surface area (Å²) in [7, 11) is -3.56. The summed E-state index contributed by atoms with van der Waals surface area (Å²) in [6.45, 7) is 6.32. The van der Waals surface area contributed by atoms with Crippen LogP contribution in [0.1, 0.15) is 39.2 Å². The Morgan fingerprint density at radius 3 is 2.54 bits per heavy atom. The van der Waals surface area contributed by atoms with Gasteiger partial charge in [0, 0.05) is 24.6 Å². The predicted octanol–water partition coefficient (Wildman–Crippen LogP) is 1.42.